The van der Waals surface area contributed by atoms with Gasteiger partial charge in [0.2, 0.25) is 0 Å². The minimum absolute atomic E-state index is 0.137. The Morgan fingerprint density at radius 1 is 1.05 bits per heavy atom. The largest absolute Gasteiger partial charge is 0.496 e. The molecule has 0 amide bonds. The normalized spacial score (nSPS) is 10.8. The van der Waals surface area contributed by atoms with E-state index in [0.29, 0.717) is 19.8 Å². The summed E-state index contributed by atoms with van der Waals surface area (Å²) in [6.07, 6.45) is 0. The first-order valence-electron chi connectivity index (χ1n) is 6.17. The molecule has 0 aliphatic carbocycles. The number of ketones is 1. The fourth-order valence-electron chi connectivity index (χ4n) is 2.29. The molecule has 106 valence electrons. The van der Waals surface area contributed by atoms with Crippen molar-refractivity contribution in [3.8, 4) is 5.75 Å². The van der Waals surface area contributed by atoms with E-state index >= 15 is 0 Å². The first-order chi connectivity index (χ1) is 10.1. The lowest BCUT2D eigenvalue weighted by molar-refractivity contribution is 0.104. The number of ether oxygens (including phenoxy) is 1. The molecule has 0 saturated heterocycles. The molecule has 21 heavy (non-hydrogen) atoms. The summed E-state index contributed by atoms with van der Waals surface area (Å²) in [4.78, 5) is 12.7. The third-order valence-electron chi connectivity index (χ3n) is 3.25. The summed E-state index contributed by atoms with van der Waals surface area (Å²) >= 11 is 13.2. The zero-order valence-corrected chi connectivity index (χ0v) is 13.4. The van der Waals surface area contributed by atoms with E-state index in [1.807, 2.05) is 24.3 Å². The van der Waals surface area contributed by atoms with Gasteiger partial charge in [-0.2, -0.15) is 0 Å². The van der Waals surface area contributed by atoms with E-state index in [0.717, 1.165) is 16.5 Å². The lowest BCUT2D eigenvalue weighted by atomic mass is 9.98. The van der Waals surface area contributed by atoms with Crippen molar-refractivity contribution in [3.05, 3.63) is 62.3 Å². The molecule has 2 nitrogen and oxygen atoms in total. The molecule has 0 fully saturated rings. The molecule has 0 bridgehead atoms. The summed E-state index contributed by atoms with van der Waals surface area (Å²) in [7, 11) is 1.61. The number of thiophene rings is 1. The second-order valence-electron chi connectivity index (χ2n) is 4.43. The molecule has 0 radical (unpaired) electrons. The topological polar surface area (TPSA) is 26.3 Å². The summed E-state index contributed by atoms with van der Waals surface area (Å²) < 4.78 is 6.25. The van der Waals surface area contributed by atoms with Crippen LogP contribution in [0.15, 0.2) is 42.5 Å². The maximum absolute atomic E-state index is 12.7. The van der Waals surface area contributed by atoms with Crippen molar-refractivity contribution in [2.24, 2.45) is 0 Å². The number of benzene rings is 2. The van der Waals surface area contributed by atoms with Crippen molar-refractivity contribution in [2.45, 2.75) is 0 Å². The number of hydrogen-bond donors (Lipinski definition) is 0. The van der Waals surface area contributed by atoms with E-state index in [1.165, 1.54) is 11.3 Å². The predicted octanol–water partition coefficient (Wildman–Crippen LogP) is 5.45. The van der Waals surface area contributed by atoms with Crippen molar-refractivity contribution >= 4 is 51.1 Å². The molecule has 0 unspecified atom stereocenters. The van der Waals surface area contributed by atoms with Crippen LogP contribution >= 0.6 is 34.5 Å². The second kappa shape index (κ2) is 5.68. The van der Waals surface area contributed by atoms with E-state index in [9.17, 15) is 4.79 Å². The van der Waals surface area contributed by atoms with Crippen LogP contribution in [0.2, 0.25) is 8.67 Å². The van der Waals surface area contributed by atoms with E-state index in [-0.39, 0.29) is 5.78 Å². The summed E-state index contributed by atoms with van der Waals surface area (Å²) in [6.45, 7) is 0. The quantitative estimate of drug-likeness (QED) is 0.594. The van der Waals surface area contributed by atoms with Gasteiger partial charge in [0.1, 0.15) is 10.1 Å². The van der Waals surface area contributed by atoms with Crippen LogP contribution in [0, 0.1) is 0 Å². The minimum atomic E-state index is -0.137. The summed E-state index contributed by atoms with van der Waals surface area (Å²) in [5.74, 6) is 0.596. The van der Waals surface area contributed by atoms with E-state index in [2.05, 4.69) is 0 Å². The van der Waals surface area contributed by atoms with Crippen LogP contribution < -0.4 is 4.74 Å². The van der Waals surface area contributed by atoms with Crippen LogP contribution in [-0.4, -0.2) is 12.9 Å². The molecule has 3 rings (SSSR count). The highest BCUT2D eigenvalue weighted by Crippen LogP contribution is 2.35. The SMILES string of the molecule is COc1ccc(C(=O)c2cc(Cl)sc2Cl)c2ccccc12. The Bertz CT molecular complexity index is 839. The van der Waals surface area contributed by atoms with Crippen molar-refractivity contribution in [1.29, 1.82) is 0 Å². The lowest BCUT2D eigenvalue weighted by Gasteiger charge is -2.09. The molecule has 0 saturated carbocycles. The van der Waals surface area contributed by atoms with Gasteiger partial charge in [-0.25, -0.2) is 0 Å². The van der Waals surface area contributed by atoms with Crippen molar-refractivity contribution in [2.75, 3.05) is 7.11 Å². The molecule has 0 N–H and O–H groups in total. The average Bonchev–Trinajstić information content (AvgIpc) is 2.84. The third-order valence-corrected chi connectivity index (χ3v) is 4.74. The van der Waals surface area contributed by atoms with Gasteiger partial charge in [-0.3, -0.25) is 4.79 Å². The van der Waals surface area contributed by atoms with Crippen LogP contribution in [0.25, 0.3) is 10.8 Å². The molecule has 2 aromatic carbocycles. The zero-order chi connectivity index (χ0) is 15.0. The van der Waals surface area contributed by atoms with Crippen LogP contribution in [0.3, 0.4) is 0 Å². The van der Waals surface area contributed by atoms with E-state index in [4.69, 9.17) is 27.9 Å². The molecule has 0 atom stereocenters. The second-order valence-corrected chi connectivity index (χ2v) is 6.71. The maximum atomic E-state index is 12.7. The fourth-order valence-corrected chi connectivity index (χ4v) is 3.75. The summed E-state index contributed by atoms with van der Waals surface area (Å²) in [5.41, 5.74) is 1.02. The number of hydrogen-bond acceptors (Lipinski definition) is 3. The number of fused-ring (bicyclic) bond motifs is 1. The molecule has 1 heterocycles. The smallest absolute Gasteiger partial charge is 0.196 e. The Labute approximate surface area is 135 Å². The molecule has 0 aliphatic rings. The molecule has 5 heteroatoms. The van der Waals surface area contributed by atoms with Gasteiger partial charge in [-0.1, -0.05) is 47.5 Å². The Hall–Kier alpha value is -1.55. The average molecular weight is 337 g/mol. The zero-order valence-electron chi connectivity index (χ0n) is 11.0. The first kappa shape index (κ1) is 14.4. The molecular formula is C16H10Cl2O2S. The minimum Gasteiger partial charge on any atom is -0.496 e. The van der Waals surface area contributed by atoms with Gasteiger partial charge in [0.05, 0.1) is 17.0 Å². The molecule has 1 aromatic heterocycles. The Kier molecular flexibility index (Phi) is 3.89. The lowest BCUT2D eigenvalue weighted by Crippen LogP contribution is -2.02. The maximum Gasteiger partial charge on any atom is 0.196 e. The van der Waals surface area contributed by atoms with Crippen molar-refractivity contribution in [3.63, 3.8) is 0 Å². The van der Waals surface area contributed by atoms with Gasteiger partial charge < -0.3 is 4.74 Å². The van der Waals surface area contributed by atoms with Crippen molar-refractivity contribution < 1.29 is 9.53 Å². The highest BCUT2D eigenvalue weighted by Gasteiger charge is 2.19. The Morgan fingerprint density at radius 3 is 2.38 bits per heavy atom. The Balaban J connectivity index is 2.21. The van der Waals surface area contributed by atoms with Gasteiger partial charge >= 0.3 is 0 Å². The third kappa shape index (κ3) is 2.53. The molecule has 3 aromatic rings. The predicted molar refractivity (Wildman–Crippen MR) is 88.3 cm³/mol. The molecule has 0 spiro atoms. The van der Waals surface area contributed by atoms with Crippen LogP contribution in [0.1, 0.15) is 15.9 Å². The Morgan fingerprint density at radius 2 is 1.76 bits per heavy atom. The number of rotatable bonds is 3. The van der Waals surface area contributed by atoms with Crippen LogP contribution in [0.4, 0.5) is 0 Å². The van der Waals surface area contributed by atoms with Crippen LogP contribution in [0.5, 0.6) is 5.75 Å². The standard InChI is InChI=1S/C16H10Cl2O2S/c1-20-13-7-6-11(9-4-2-3-5-10(9)13)15(19)12-8-14(17)21-16(12)18/h2-8H,1H3. The number of carbonyl (C=O) groups excluding carboxylic acids is 1. The fraction of sp³-hybridized carbons (Fsp3) is 0.0625. The summed E-state index contributed by atoms with van der Waals surface area (Å²) in [6, 6.07) is 12.8. The van der Waals surface area contributed by atoms with Crippen LogP contribution in [-0.2, 0) is 0 Å². The van der Waals surface area contributed by atoms with Gasteiger partial charge in [0.15, 0.2) is 5.78 Å². The highest BCUT2D eigenvalue weighted by atomic mass is 35.5. The van der Waals surface area contributed by atoms with Crippen molar-refractivity contribution in [1.82, 2.24) is 0 Å². The van der Waals surface area contributed by atoms with E-state index in [1.54, 1.807) is 25.3 Å². The number of methoxy groups -OCH3 is 1. The monoisotopic (exact) mass is 336 g/mol. The first-order valence-corrected chi connectivity index (χ1v) is 7.74. The molecular weight excluding hydrogens is 327 g/mol. The number of carbonyl (C=O) groups is 1. The van der Waals surface area contributed by atoms with E-state index < -0.39 is 0 Å². The highest BCUT2D eigenvalue weighted by molar-refractivity contribution is 7.20. The summed E-state index contributed by atoms with van der Waals surface area (Å²) in [5, 5.41) is 1.73. The number of halogens is 2. The van der Waals surface area contributed by atoms with Gasteiger partial charge in [0, 0.05) is 10.9 Å². The van der Waals surface area contributed by atoms with Gasteiger partial charge in [0.25, 0.3) is 0 Å². The molecule has 0 aliphatic heterocycles. The van der Waals surface area contributed by atoms with Gasteiger partial charge in [-0.15, -0.1) is 11.3 Å². The van der Waals surface area contributed by atoms with Gasteiger partial charge in [-0.05, 0) is 23.6 Å².